The van der Waals surface area contributed by atoms with E-state index >= 15 is 0 Å². The van der Waals surface area contributed by atoms with Crippen molar-refractivity contribution in [2.45, 2.75) is 39.2 Å². The molecule has 100 valence electrons. The standard InChI is InChI=1S/C15H23NO2/c1-4-5-13-6-8-14(9-7-13)12(2)16(3)11-10-15(17)18/h6-9,12H,4-5,10-11H2,1-3H3,(H,17,18). The van der Waals surface area contributed by atoms with E-state index in [9.17, 15) is 4.79 Å². The van der Waals surface area contributed by atoms with Crippen LogP contribution in [0.15, 0.2) is 24.3 Å². The van der Waals surface area contributed by atoms with Gasteiger partial charge in [0, 0.05) is 12.6 Å². The molecule has 0 aromatic heterocycles. The molecule has 0 radical (unpaired) electrons. The molecule has 18 heavy (non-hydrogen) atoms. The van der Waals surface area contributed by atoms with Crippen molar-refractivity contribution in [3.05, 3.63) is 35.4 Å². The molecule has 0 spiro atoms. The minimum absolute atomic E-state index is 0.189. The fraction of sp³-hybridized carbons (Fsp3) is 0.533. The Kier molecular flexibility index (Phi) is 5.86. The molecule has 1 aromatic rings. The van der Waals surface area contributed by atoms with Crippen molar-refractivity contribution in [2.75, 3.05) is 13.6 Å². The van der Waals surface area contributed by atoms with Gasteiger partial charge in [-0.15, -0.1) is 0 Å². The number of rotatable bonds is 7. The summed E-state index contributed by atoms with van der Waals surface area (Å²) in [5.74, 6) is -0.743. The van der Waals surface area contributed by atoms with Crippen molar-refractivity contribution in [3.8, 4) is 0 Å². The number of aliphatic carboxylic acids is 1. The molecule has 0 aliphatic carbocycles. The molecule has 1 aromatic carbocycles. The number of benzene rings is 1. The molecule has 1 rings (SSSR count). The Hall–Kier alpha value is -1.35. The summed E-state index contributed by atoms with van der Waals surface area (Å²) in [6, 6.07) is 8.88. The molecule has 3 heteroatoms. The second-order valence-electron chi connectivity index (χ2n) is 4.79. The van der Waals surface area contributed by atoms with Crippen molar-refractivity contribution in [1.29, 1.82) is 0 Å². The minimum atomic E-state index is -0.743. The number of carbonyl (C=O) groups is 1. The largest absolute Gasteiger partial charge is 0.481 e. The fourth-order valence-corrected chi connectivity index (χ4v) is 1.97. The predicted molar refractivity (Wildman–Crippen MR) is 73.7 cm³/mol. The van der Waals surface area contributed by atoms with Crippen molar-refractivity contribution in [2.24, 2.45) is 0 Å². The molecule has 0 aliphatic heterocycles. The second-order valence-corrected chi connectivity index (χ2v) is 4.79. The van der Waals surface area contributed by atoms with Gasteiger partial charge in [0.05, 0.1) is 6.42 Å². The summed E-state index contributed by atoms with van der Waals surface area (Å²) in [5, 5.41) is 8.68. The molecular formula is C15H23NO2. The molecule has 0 fully saturated rings. The Morgan fingerprint density at radius 2 is 1.94 bits per heavy atom. The van der Waals surface area contributed by atoms with E-state index < -0.39 is 5.97 Å². The monoisotopic (exact) mass is 249 g/mol. The van der Waals surface area contributed by atoms with Gasteiger partial charge in [0.15, 0.2) is 0 Å². The predicted octanol–water partition coefficient (Wildman–Crippen LogP) is 3.11. The third-order valence-corrected chi connectivity index (χ3v) is 3.34. The summed E-state index contributed by atoms with van der Waals surface area (Å²) in [4.78, 5) is 12.6. The third kappa shape index (κ3) is 4.49. The molecule has 0 saturated carbocycles. The van der Waals surface area contributed by atoms with Gasteiger partial charge in [0.1, 0.15) is 0 Å². The van der Waals surface area contributed by atoms with Crippen LogP contribution in [0, 0.1) is 0 Å². The maximum absolute atomic E-state index is 10.6. The van der Waals surface area contributed by atoms with Crippen LogP contribution in [0.2, 0.25) is 0 Å². The maximum atomic E-state index is 10.6. The van der Waals surface area contributed by atoms with Crippen molar-refractivity contribution >= 4 is 5.97 Å². The van der Waals surface area contributed by atoms with E-state index in [1.807, 2.05) is 7.05 Å². The first-order valence-electron chi connectivity index (χ1n) is 6.55. The molecular weight excluding hydrogens is 226 g/mol. The van der Waals surface area contributed by atoms with Gasteiger partial charge >= 0.3 is 5.97 Å². The topological polar surface area (TPSA) is 40.5 Å². The number of nitrogens with zero attached hydrogens (tertiary/aromatic N) is 1. The smallest absolute Gasteiger partial charge is 0.304 e. The highest BCUT2D eigenvalue weighted by molar-refractivity contribution is 5.66. The molecule has 1 unspecified atom stereocenters. The zero-order valence-electron chi connectivity index (χ0n) is 11.5. The van der Waals surface area contributed by atoms with Gasteiger partial charge in [-0.25, -0.2) is 0 Å². The molecule has 1 N–H and O–H groups in total. The first-order valence-corrected chi connectivity index (χ1v) is 6.55. The van der Waals surface area contributed by atoms with E-state index in [1.165, 1.54) is 11.1 Å². The number of carboxylic acid groups (broad SMARTS) is 1. The lowest BCUT2D eigenvalue weighted by Gasteiger charge is -2.24. The average molecular weight is 249 g/mol. The van der Waals surface area contributed by atoms with Crippen molar-refractivity contribution in [3.63, 3.8) is 0 Å². The van der Waals surface area contributed by atoms with E-state index in [1.54, 1.807) is 0 Å². The third-order valence-electron chi connectivity index (χ3n) is 3.34. The summed E-state index contributed by atoms with van der Waals surface area (Å²) in [6.45, 7) is 4.86. The van der Waals surface area contributed by atoms with Gasteiger partial charge in [-0.1, -0.05) is 37.6 Å². The zero-order chi connectivity index (χ0) is 13.5. The average Bonchev–Trinajstić information content (AvgIpc) is 2.36. The minimum Gasteiger partial charge on any atom is -0.481 e. The Bertz CT molecular complexity index is 373. The molecule has 0 heterocycles. The zero-order valence-corrected chi connectivity index (χ0v) is 11.5. The Balaban J connectivity index is 2.59. The Labute approximate surface area is 109 Å². The molecule has 3 nitrogen and oxygen atoms in total. The lowest BCUT2D eigenvalue weighted by Crippen LogP contribution is -2.25. The Morgan fingerprint density at radius 1 is 1.33 bits per heavy atom. The summed E-state index contributed by atoms with van der Waals surface area (Å²) >= 11 is 0. The number of hydrogen-bond donors (Lipinski definition) is 1. The van der Waals surface area contributed by atoms with Gasteiger partial charge in [0.2, 0.25) is 0 Å². The number of hydrogen-bond acceptors (Lipinski definition) is 2. The SMILES string of the molecule is CCCc1ccc(C(C)N(C)CCC(=O)O)cc1. The molecule has 0 bridgehead atoms. The van der Waals surface area contributed by atoms with Crippen LogP contribution in [0.3, 0.4) is 0 Å². The van der Waals surface area contributed by atoms with E-state index in [4.69, 9.17) is 5.11 Å². The van der Waals surface area contributed by atoms with Gasteiger partial charge in [-0.05, 0) is 31.5 Å². The van der Waals surface area contributed by atoms with Crippen molar-refractivity contribution in [1.82, 2.24) is 4.90 Å². The van der Waals surface area contributed by atoms with Crippen LogP contribution in [-0.2, 0) is 11.2 Å². The maximum Gasteiger partial charge on any atom is 0.304 e. The normalized spacial score (nSPS) is 12.7. The number of aryl methyl sites for hydroxylation is 1. The van der Waals surface area contributed by atoms with E-state index in [-0.39, 0.29) is 12.5 Å². The summed E-state index contributed by atoms with van der Waals surface area (Å²) in [7, 11) is 1.97. The highest BCUT2D eigenvalue weighted by Gasteiger charge is 2.12. The van der Waals surface area contributed by atoms with Crippen molar-refractivity contribution < 1.29 is 9.90 Å². The van der Waals surface area contributed by atoms with Crippen LogP contribution >= 0.6 is 0 Å². The summed E-state index contributed by atoms with van der Waals surface area (Å²) in [6.07, 6.45) is 2.46. The summed E-state index contributed by atoms with van der Waals surface area (Å²) < 4.78 is 0. The first kappa shape index (κ1) is 14.7. The van der Waals surface area contributed by atoms with Gasteiger partial charge in [0.25, 0.3) is 0 Å². The quantitative estimate of drug-likeness (QED) is 0.807. The first-order chi connectivity index (χ1) is 8.54. The summed E-state index contributed by atoms with van der Waals surface area (Å²) in [5.41, 5.74) is 2.60. The van der Waals surface area contributed by atoms with Crippen LogP contribution < -0.4 is 0 Å². The molecule has 0 saturated heterocycles. The van der Waals surface area contributed by atoms with Gasteiger partial charge in [-0.2, -0.15) is 0 Å². The van der Waals surface area contributed by atoms with Gasteiger partial charge < -0.3 is 5.11 Å². The van der Waals surface area contributed by atoms with Crippen LogP contribution in [0.25, 0.3) is 0 Å². The van der Waals surface area contributed by atoms with E-state index in [0.29, 0.717) is 6.54 Å². The Morgan fingerprint density at radius 3 is 2.44 bits per heavy atom. The van der Waals surface area contributed by atoms with Crippen LogP contribution in [0.1, 0.15) is 43.9 Å². The molecule has 0 aliphatic rings. The lowest BCUT2D eigenvalue weighted by atomic mass is 10.0. The van der Waals surface area contributed by atoms with Crippen LogP contribution in [-0.4, -0.2) is 29.6 Å². The van der Waals surface area contributed by atoms with Crippen LogP contribution in [0.5, 0.6) is 0 Å². The lowest BCUT2D eigenvalue weighted by molar-refractivity contribution is -0.137. The molecule has 1 atom stereocenters. The number of carboxylic acids is 1. The second kappa shape index (κ2) is 7.17. The molecule has 0 amide bonds. The van der Waals surface area contributed by atoms with Gasteiger partial charge in [-0.3, -0.25) is 9.69 Å². The van der Waals surface area contributed by atoms with Crippen LogP contribution in [0.4, 0.5) is 0 Å². The highest BCUT2D eigenvalue weighted by Crippen LogP contribution is 2.19. The van der Waals surface area contributed by atoms with E-state index in [2.05, 4.69) is 43.0 Å². The highest BCUT2D eigenvalue weighted by atomic mass is 16.4. The fourth-order valence-electron chi connectivity index (χ4n) is 1.97. The van der Waals surface area contributed by atoms with E-state index in [0.717, 1.165) is 12.8 Å².